The third-order valence-electron chi connectivity index (χ3n) is 3.87. The minimum absolute atomic E-state index is 0.223. The molecule has 1 aliphatic heterocycles. The highest BCUT2D eigenvalue weighted by Crippen LogP contribution is 2.38. The fourth-order valence-electron chi connectivity index (χ4n) is 2.59. The summed E-state index contributed by atoms with van der Waals surface area (Å²) in [6.45, 7) is 0.798. The number of rotatable bonds is 4. The second-order valence-electron chi connectivity index (χ2n) is 5.41. The van der Waals surface area contributed by atoms with Crippen LogP contribution in [0.5, 0.6) is 0 Å². The van der Waals surface area contributed by atoms with E-state index in [4.69, 9.17) is 4.74 Å². The quantitative estimate of drug-likeness (QED) is 0.843. The molecule has 2 fully saturated rings. The van der Waals surface area contributed by atoms with Gasteiger partial charge in [0.15, 0.2) is 5.69 Å². The molecule has 1 saturated heterocycles. The molecule has 2 unspecified atom stereocenters. The van der Waals surface area contributed by atoms with Crippen LogP contribution in [0.2, 0.25) is 0 Å². The van der Waals surface area contributed by atoms with Crippen molar-refractivity contribution in [2.24, 2.45) is 5.92 Å². The van der Waals surface area contributed by atoms with Gasteiger partial charge in [-0.15, -0.1) is 10.2 Å². The molecule has 6 nitrogen and oxygen atoms in total. The summed E-state index contributed by atoms with van der Waals surface area (Å²) >= 11 is 0. The van der Waals surface area contributed by atoms with Crippen LogP contribution in [-0.4, -0.2) is 42.0 Å². The topological polar surface area (TPSA) is 73.3 Å². The van der Waals surface area contributed by atoms with Crippen molar-refractivity contribution in [3.63, 3.8) is 0 Å². The summed E-state index contributed by atoms with van der Waals surface area (Å²) in [5.41, 5.74) is 0.223. The van der Waals surface area contributed by atoms with Crippen LogP contribution in [0.25, 0.3) is 0 Å². The third-order valence-corrected chi connectivity index (χ3v) is 3.87. The Morgan fingerprint density at radius 3 is 2.85 bits per heavy atom. The molecule has 0 bridgehead atoms. The molecule has 1 N–H and O–H groups in total. The van der Waals surface area contributed by atoms with Crippen LogP contribution in [0, 0.1) is 5.92 Å². The van der Waals surface area contributed by atoms with Gasteiger partial charge in [0.2, 0.25) is 0 Å². The predicted molar refractivity (Wildman–Crippen MR) is 72.5 cm³/mol. The molecular formula is C14H19N3O3. The summed E-state index contributed by atoms with van der Waals surface area (Å²) in [7, 11) is 1.33. The molecule has 2 aliphatic rings. The minimum Gasteiger partial charge on any atom is -0.464 e. The van der Waals surface area contributed by atoms with E-state index < -0.39 is 5.97 Å². The van der Waals surface area contributed by atoms with Gasteiger partial charge in [0, 0.05) is 12.6 Å². The molecule has 0 amide bonds. The zero-order valence-electron chi connectivity index (χ0n) is 11.5. The molecule has 6 heteroatoms. The summed E-state index contributed by atoms with van der Waals surface area (Å²) in [6.07, 6.45) is 4.98. The van der Waals surface area contributed by atoms with E-state index in [-0.39, 0.29) is 5.69 Å². The number of anilines is 1. The molecule has 3 rings (SSSR count). The molecule has 0 spiro atoms. The number of hydrogen-bond acceptors (Lipinski definition) is 6. The van der Waals surface area contributed by atoms with E-state index in [9.17, 15) is 4.79 Å². The van der Waals surface area contributed by atoms with Gasteiger partial charge in [-0.3, -0.25) is 0 Å². The van der Waals surface area contributed by atoms with Crippen LogP contribution >= 0.6 is 0 Å². The number of carbonyl (C=O) groups excluding carboxylic acids is 1. The van der Waals surface area contributed by atoms with Crippen molar-refractivity contribution < 1.29 is 14.3 Å². The lowest BCUT2D eigenvalue weighted by atomic mass is 10.00. The highest BCUT2D eigenvalue weighted by atomic mass is 16.5. The van der Waals surface area contributed by atoms with Crippen molar-refractivity contribution >= 4 is 11.8 Å². The van der Waals surface area contributed by atoms with Gasteiger partial charge in [0.25, 0.3) is 0 Å². The lowest BCUT2D eigenvalue weighted by Gasteiger charge is -2.30. The van der Waals surface area contributed by atoms with Crippen molar-refractivity contribution in [1.29, 1.82) is 0 Å². The molecule has 1 saturated carbocycles. The number of hydrogen-bond donors (Lipinski definition) is 1. The molecule has 108 valence electrons. The Labute approximate surface area is 117 Å². The average Bonchev–Trinajstić information content (AvgIpc) is 3.32. The molecule has 1 aliphatic carbocycles. The minimum atomic E-state index is -0.469. The summed E-state index contributed by atoms with van der Waals surface area (Å²) in [5.74, 6) is 0.982. The van der Waals surface area contributed by atoms with Gasteiger partial charge in [-0.25, -0.2) is 4.79 Å². The van der Waals surface area contributed by atoms with Crippen LogP contribution in [-0.2, 0) is 9.47 Å². The molecule has 1 aromatic heterocycles. The van der Waals surface area contributed by atoms with E-state index in [0.29, 0.717) is 18.0 Å². The van der Waals surface area contributed by atoms with Crippen LogP contribution < -0.4 is 5.32 Å². The van der Waals surface area contributed by atoms with Crippen LogP contribution in [0.4, 0.5) is 5.82 Å². The SMILES string of the molecule is COC(=O)c1ccc(NC2CCOC(C3CC3)C2)nn1. The first-order chi connectivity index (χ1) is 9.76. The normalized spacial score (nSPS) is 26.1. The van der Waals surface area contributed by atoms with Gasteiger partial charge in [-0.05, 0) is 43.7 Å². The predicted octanol–water partition coefficient (Wildman–Crippen LogP) is 1.63. The van der Waals surface area contributed by atoms with Crippen molar-refractivity contribution in [3.05, 3.63) is 17.8 Å². The standard InChI is InChI=1S/C14H19N3O3/c1-19-14(18)11-4-5-13(17-16-11)15-10-6-7-20-12(8-10)9-2-3-9/h4-5,9-10,12H,2-3,6-8H2,1H3,(H,15,17). The maximum Gasteiger partial charge on any atom is 0.358 e. The van der Waals surface area contributed by atoms with E-state index in [1.54, 1.807) is 12.1 Å². The maximum absolute atomic E-state index is 11.3. The first-order valence-corrected chi connectivity index (χ1v) is 7.06. The molecular weight excluding hydrogens is 258 g/mol. The second kappa shape index (κ2) is 5.75. The number of aromatic nitrogens is 2. The largest absolute Gasteiger partial charge is 0.464 e. The van der Waals surface area contributed by atoms with Gasteiger partial charge in [0.05, 0.1) is 13.2 Å². The highest BCUT2D eigenvalue weighted by Gasteiger charge is 2.35. The van der Waals surface area contributed by atoms with E-state index in [1.807, 2.05) is 0 Å². The van der Waals surface area contributed by atoms with Crippen molar-refractivity contribution in [2.75, 3.05) is 19.0 Å². The molecule has 0 aromatic carbocycles. The number of esters is 1. The lowest BCUT2D eigenvalue weighted by Crippen LogP contribution is -2.35. The lowest BCUT2D eigenvalue weighted by molar-refractivity contribution is -0.00224. The molecule has 20 heavy (non-hydrogen) atoms. The van der Waals surface area contributed by atoms with Gasteiger partial charge in [-0.1, -0.05) is 0 Å². The Hall–Kier alpha value is -1.69. The highest BCUT2D eigenvalue weighted by molar-refractivity contribution is 5.86. The smallest absolute Gasteiger partial charge is 0.358 e. The van der Waals surface area contributed by atoms with E-state index >= 15 is 0 Å². The van der Waals surface area contributed by atoms with Crippen molar-refractivity contribution in [1.82, 2.24) is 10.2 Å². The van der Waals surface area contributed by atoms with E-state index in [1.165, 1.54) is 20.0 Å². The van der Waals surface area contributed by atoms with Crippen molar-refractivity contribution in [3.8, 4) is 0 Å². The van der Waals surface area contributed by atoms with E-state index in [2.05, 4.69) is 20.3 Å². The maximum atomic E-state index is 11.3. The summed E-state index contributed by atoms with van der Waals surface area (Å²) in [4.78, 5) is 11.3. The van der Waals surface area contributed by atoms with Gasteiger partial charge < -0.3 is 14.8 Å². The van der Waals surface area contributed by atoms with Crippen molar-refractivity contribution in [2.45, 2.75) is 37.8 Å². The van der Waals surface area contributed by atoms with Gasteiger partial charge >= 0.3 is 5.97 Å². The summed E-state index contributed by atoms with van der Waals surface area (Å²) < 4.78 is 10.4. The van der Waals surface area contributed by atoms with Crippen LogP contribution in [0.3, 0.4) is 0 Å². The van der Waals surface area contributed by atoms with E-state index in [0.717, 1.165) is 25.4 Å². The molecule has 0 radical (unpaired) electrons. The van der Waals surface area contributed by atoms with Crippen LogP contribution in [0.15, 0.2) is 12.1 Å². The molecule has 1 aromatic rings. The van der Waals surface area contributed by atoms with Gasteiger partial charge in [-0.2, -0.15) is 0 Å². The first kappa shape index (κ1) is 13.3. The summed E-state index contributed by atoms with van der Waals surface area (Å²) in [5, 5.41) is 11.3. The number of nitrogens with zero attached hydrogens (tertiary/aromatic N) is 2. The second-order valence-corrected chi connectivity index (χ2v) is 5.41. The number of methoxy groups -OCH3 is 1. The Kier molecular flexibility index (Phi) is 3.82. The summed E-state index contributed by atoms with van der Waals surface area (Å²) in [6, 6.07) is 3.76. The third kappa shape index (κ3) is 3.07. The monoisotopic (exact) mass is 277 g/mol. The zero-order valence-corrected chi connectivity index (χ0v) is 11.5. The Morgan fingerprint density at radius 2 is 2.20 bits per heavy atom. The first-order valence-electron chi connectivity index (χ1n) is 7.06. The Balaban J connectivity index is 1.58. The van der Waals surface area contributed by atoms with Crippen LogP contribution in [0.1, 0.15) is 36.2 Å². The zero-order chi connectivity index (χ0) is 13.9. The Morgan fingerprint density at radius 1 is 1.35 bits per heavy atom. The fourth-order valence-corrected chi connectivity index (χ4v) is 2.59. The fraction of sp³-hybridized carbons (Fsp3) is 0.643. The molecule has 2 heterocycles. The molecule has 2 atom stereocenters. The number of ether oxygens (including phenoxy) is 2. The average molecular weight is 277 g/mol. The number of carbonyl (C=O) groups is 1. The Bertz CT molecular complexity index is 473. The number of nitrogens with one attached hydrogen (secondary N) is 1. The van der Waals surface area contributed by atoms with Gasteiger partial charge in [0.1, 0.15) is 5.82 Å².